The molecule has 0 bridgehead atoms. The van der Waals surface area contributed by atoms with Gasteiger partial charge < -0.3 is 4.74 Å². The smallest absolute Gasteiger partial charge is 0.313 e. The van der Waals surface area contributed by atoms with Crippen molar-refractivity contribution in [2.75, 3.05) is 7.11 Å². The molecule has 18 heavy (non-hydrogen) atoms. The standard InChI is InChI=1S/C15H21FO2/c1-3-4-5-6-7-14(15(17)18-2)12-8-10-13(16)11-9-12/h8-11,14H,3-7H2,1-2H3. The molecule has 0 radical (unpaired) electrons. The molecule has 1 unspecified atom stereocenters. The van der Waals surface area contributed by atoms with Gasteiger partial charge in [-0.2, -0.15) is 0 Å². The first-order valence-electron chi connectivity index (χ1n) is 6.52. The quantitative estimate of drug-likeness (QED) is 0.540. The van der Waals surface area contributed by atoms with E-state index in [-0.39, 0.29) is 17.7 Å². The van der Waals surface area contributed by atoms with Crippen molar-refractivity contribution in [1.82, 2.24) is 0 Å². The first kappa shape index (κ1) is 14.7. The highest BCUT2D eigenvalue weighted by atomic mass is 19.1. The molecule has 0 aliphatic carbocycles. The third kappa shape index (κ3) is 4.47. The zero-order valence-corrected chi connectivity index (χ0v) is 11.1. The van der Waals surface area contributed by atoms with Gasteiger partial charge in [-0.1, -0.05) is 44.7 Å². The van der Waals surface area contributed by atoms with Crippen LogP contribution in [-0.4, -0.2) is 13.1 Å². The average molecular weight is 252 g/mol. The highest BCUT2D eigenvalue weighted by molar-refractivity contribution is 5.77. The summed E-state index contributed by atoms with van der Waals surface area (Å²) in [5, 5.41) is 0. The monoisotopic (exact) mass is 252 g/mol. The molecule has 100 valence electrons. The first-order chi connectivity index (χ1) is 8.69. The Labute approximate surface area is 108 Å². The molecule has 3 heteroatoms. The van der Waals surface area contributed by atoms with Crippen molar-refractivity contribution in [2.24, 2.45) is 0 Å². The number of ether oxygens (including phenoxy) is 1. The molecular formula is C15H21FO2. The van der Waals surface area contributed by atoms with E-state index < -0.39 is 0 Å². The van der Waals surface area contributed by atoms with Crippen molar-refractivity contribution >= 4 is 5.97 Å². The van der Waals surface area contributed by atoms with Crippen LogP contribution in [0.3, 0.4) is 0 Å². The maximum atomic E-state index is 12.9. The van der Waals surface area contributed by atoms with E-state index >= 15 is 0 Å². The van der Waals surface area contributed by atoms with Gasteiger partial charge in [0.25, 0.3) is 0 Å². The number of carbonyl (C=O) groups is 1. The van der Waals surface area contributed by atoms with E-state index in [1.54, 1.807) is 12.1 Å². The number of hydrogen-bond donors (Lipinski definition) is 0. The lowest BCUT2D eigenvalue weighted by Crippen LogP contribution is -2.14. The SMILES string of the molecule is CCCCCCC(C(=O)OC)c1ccc(F)cc1. The van der Waals surface area contributed by atoms with Crippen LogP contribution in [0.2, 0.25) is 0 Å². The van der Waals surface area contributed by atoms with Gasteiger partial charge >= 0.3 is 5.97 Å². The van der Waals surface area contributed by atoms with Crippen molar-refractivity contribution in [3.63, 3.8) is 0 Å². The van der Waals surface area contributed by atoms with Crippen LogP contribution in [0.5, 0.6) is 0 Å². The van der Waals surface area contributed by atoms with E-state index in [0.29, 0.717) is 0 Å². The van der Waals surface area contributed by atoms with E-state index in [1.807, 2.05) is 0 Å². The molecule has 1 aromatic carbocycles. The van der Waals surface area contributed by atoms with Gasteiger partial charge in [0.15, 0.2) is 0 Å². The summed E-state index contributed by atoms with van der Waals surface area (Å²) in [6.07, 6.45) is 5.21. The molecule has 1 aromatic rings. The summed E-state index contributed by atoms with van der Waals surface area (Å²) < 4.78 is 17.7. The zero-order valence-electron chi connectivity index (χ0n) is 11.1. The fourth-order valence-electron chi connectivity index (χ4n) is 2.03. The number of methoxy groups -OCH3 is 1. The lowest BCUT2D eigenvalue weighted by molar-refractivity contribution is -0.142. The molecule has 2 nitrogen and oxygen atoms in total. The van der Waals surface area contributed by atoms with Gasteiger partial charge in [-0.3, -0.25) is 4.79 Å². The number of carbonyl (C=O) groups excluding carboxylic acids is 1. The Bertz CT molecular complexity index is 359. The molecule has 0 fully saturated rings. The lowest BCUT2D eigenvalue weighted by atomic mass is 9.93. The molecule has 0 aliphatic rings. The van der Waals surface area contributed by atoms with Crippen molar-refractivity contribution in [1.29, 1.82) is 0 Å². The van der Waals surface area contributed by atoms with Crippen LogP contribution in [0.4, 0.5) is 4.39 Å². The minimum atomic E-state index is -0.284. The predicted octanol–water partition coefficient (Wildman–Crippen LogP) is 4.05. The van der Waals surface area contributed by atoms with Crippen LogP contribution in [0.1, 0.15) is 50.5 Å². The second kappa shape index (κ2) is 7.85. The Morgan fingerprint density at radius 3 is 2.44 bits per heavy atom. The zero-order chi connectivity index (χ0) is 13.4. The van der Waals surface area contributed by atoms with Gasteiger partial charge in [-0.05, 0) is 24.1 Å². The van der Waals surface area contributed by atoms with Crippen molar-refractivity contribution < 1.29 is 13.9 Å². The van der Waals surface area contributed by atoms with Crippen molar-refractivity contribution in [2.45, 2.75) is 44.9 Å². The minimum Gasteiger partial charge on any atom is -0.469 e. The summed E-state index contributed by atoms with van der Waals surface area (Å²) in [6, 6.07) is 6.10. The van der Waals surface area contributed by atoms with Crippen LogP contribution in [0.15, 0.2) is 24.3 Å². The third-order valence-electron chi connectivity index (χ3n) is 3.10. The second-order valence-corrected chi connectivity index (χ2v) is 4.48. The largest absolute Gasteiger partial charge is 0.469 e. The molecule has 0 aliphatic heterocycles. The summed E-state index contributed by atoms with van der Waals surface area (Å²) >= 11 is 0. The van der Waals surface area contributed by atoms with E-state index in [9.17, 15) is 9.18 Å². The molecule has 1 atom stereocenters. The van der Waals surface area contributed by atoms with E-state index in [0.717, 1.165) is 24.8 Å². The van der Waals surface area contributed by atoms with E-state index in [1.165, 1.54) is 32.1 Å². The summed E-state index contributed by atoms with van der Waals surface area (Å²) in [5.74, 6) is -0.793. The minimum absolute atomic E-state index is 0.238. The third-order valence-corrected chi connectivity index (χ3v) is 3.10. The van der Waals surface area contributed by atoms with Gasteiger partial charge in [-0.15, -0.1) is 0 Å². The molecule has 0 amide bonds. The molecule has 1 rings (SSSR count). The summed E-state index contributed by atoms with van der Waals surface area (Å²) in [7, 11) is 1.39. The molecule has 0 saturated carbocycles. The Balaban J connectivity index is 2.66. The molecule has 0 N–H and O–H groups in total. The number of unbranched alkanes of at least 4 members (excludes halogenated alkanes) is 3. The highest BCUT2D eigenvalue weighted by Crippen LogP contribution is 2.24. The van der Waals surface area contributed by atoms with Crippen LogP contribution >= 0.6 is 0 Å². The Hall–Kier alpha value is -1.38. The van der Waals surface area contributed by atoms with E-state index in [4.69, 9.17) is 4.74 Å². The van der Waals surface area contributed by atoms with Crippen LogP contribution in [0.25, 0.3) is 0 Å². The van der Waals surface area contributed by atoms with Gasteiger partial charge in [0.1, 0.15) is 5.82 Å². The fourth-order valence-corrected chi connectivity index (χ4v) is 2.03. The summed E-state index contributed by atoms with van der Waals surface area (Å²) in [5.41, 5.74) is 0.833. The van der Waals surface area contributed by atoms with Crippen molar-refractivity contribution in [3.8, 4) is 0 Å². The molecule has 0 heterocycles. The average Bonchev–Trinajstić information content (AvgIpc) is 2.39. The summed E-state index contributed by atoms with van der Waals surface area (Å²) in [4.78, 5) is 11.7. The number of esters is 1. The maximum absolute atomic E-state index is 12.9. The Morgan fingerprint density at radius 2 is 1.89 bits per heavy atom. The number of rotatable bonds is 7. The fraction of sp³-hybridized carbons (Fsp3) is 0.533. The highest BCUT2D eigenvalue weighted by Gasteiger charge is 2.20. The van der Waals surface area contributed by atoms with Crippen LogP contribution < -0.4 is 0 Å². The normalized spacial score (nSPS) is 12.2. The van der Waals surface area contributed by atoms with E-state index in [2.05, 4.69) is 6.92 Å². The van der Waals surface area contributed by atoms with Gasteiger partial charge in [0.05, 0.1) is 13.0 Å². The first-order valence-corrected chi connectivity index (χ1v) is 6.52. The molecule has 0 saturated heterocycles. The molecular weight excluding hydrogens is 231 g/mol. The van der Waals surface area contributed by atoms with Crippen molar-refractivity contribution in [3.05, 3.63) is 35.6 Å². The predicted molar refractivity (Wildman–Crippen MR) is 69.9 cm³/mol. The maximum Gasteiger partial charge on any atom is 0.313 e. The topological polar surface area (TPSA) is 26.3 Å². The molecule has 0 spiro atoms. The number of benzene rings is 1. The Kier molecular flexibility index (Phi) is 6.40. The second-order valence-electron chi connectivity index (χ2n) is 4.48. The van der Waals surface area contributed by atoms with Crippen LogP contribution in [0, 0.1) is 5.82 Å². The van der Waals surface area contributed by atoms with Crippen LogP contribution in [-0.2, 0) is 9.53 Å². The Morgan fingerprint density at radius 1 is 1.22 bits per heavy atom. The van der Waals surface area contributed by atoms with Gasteiger partial charge in [0, 0.05) is 0 Å². The van der Waals surface area contributed by atoms with Gasteiger partial charge in [0.2, 0.25) is 0 Å². The van der Waals surface area contributed by atoms with Gasteiger partial charge in [-0.25, -0.2) is 4.39 Å². The lowest BCUT2D eigenvalue weighted by Gasteiger charge is -2.14. The number of halogens is 1. The summed E-state index contributed by atoms with van der Waals surface area (Å²) in [6.45, 7) is 2.15. The molecule has 0 aromatic heterocycles. The number of hydrogen-bond acceptors (Lipinski definition) is 2.